The lowest BCUT2D eigenvalue weighted by Gasteiger charge is -2.22. The van der Waals surface area contributed by atoms with E-state index < -0.39 is 0 Å². The number of thiazole rings is 1. The van der Waals surface area contributed by atoms with Gasteiger partial charge in [0.15, 0.2) is 0 Å². The van der Waals surface area contributed by atoms with Gasteiger partial charge in [-0.25, -0.2) is 4.98 Å². The van der Waals surface area contributed by atoms with Crippen LogP contribution in [0.1, 0.15) is 33.2 Å². The van der Waals surface area contributed by atoms with Gasteiger partial charge in [-0.3, -0.25) is 4.79 Å². The largest absolute Gasteiger partial charge is 0.334 e. The van der Waals surface area contributed by atoms with Crippen LogP contribution in [0, 0.1) is 13.8 Å². The zero-order valence-electron chi connectivity index (χ0n) is 10.5. The lowest BCUT2D eigenvalue weighted by atomic mass is 10.2. The highest BCUT2D eigenvalue weighted by molar-refractivity contribution is 7.13. The van der Waals surface area contributed by atoms with Gasteiger partial charge in [0, 0.05) is 19.1 Å². The van der Waals surface area contributed by atoms with Gasteiger partial charge in [0.05, 0.1) is 10.7 Å². The van der Waals surface area contributed by atoms with Crippen LogP contribution in [-0.2, 0) is 0 Å². The number of amides is 1. The Morgan fingerprint density at radius 3 is 2.67 bits per heavy atom. The van der Waals surface area contributed by atoms with E-state index >= 15 is 0 Å². The van der Waals surface area contributed by atoms with Crippen molar-refractivity contribution in [2.45, 2.75) is 32.7 Å². The third-order valence-electron chi connectivity index (χ3n) is 3.01. The quantitative estimate of drug-likeness (QED) is 0.910. The molecule has 0 aliphatic carbocycles. The number of hydrogen-bond acceptors (Lipinski definition) is 4. The van der Waals surface area contributed by atoms with Crippen molar-refractivity contribution in [1.29, 1.82) is 0 Å². The Morgan fingerprint density at radius 2 is 2.17 bits per heavy atom. The molecule has 4 nitrogen and oxygen atoms in total. The fourth-order valence-corrected chi connectivity index (χ4v) is 3.08. The number of carbonyl (C=O) groups is 1. The molecule has 1 amide bonds. The average molecular weight is 312 g/mol. The molecule has 1 unspecified atom stereocenters. The molecule has 2 rings (SSSR count). The molecule has 1 aliphatic heterocycles. The van der Waals surface area contributed by atoms with Gasteiger partial charge in [0.25, 0.3) is 5.91 Å². The molecule has 1 atom stereocenters. The molecule has 0 bridgehead atoms. The summed E-state index contributed by atoms with van der Waals surface area (Å²) in [6, 6.07) is 0.217. The predicted molar refractivity (Wildman–Crippen MR) is 79.2 cm³/mol. The Kier molecular flexibility index (Phi) is 7.14. The molecule has 0 spiro atoms. The standard InChI is InChI=1S/C11H17N3OS.2ClH/c1-7-10(16-8(2)13-7)11(15)14-5-3-4-9(14)6-12;;/h9H,3-6,12H2,1-2H3;2*1H. The lowest BCUT2D eigenvalue weighted by molar-refractivity contribution is 0.0745. The monoisotopic (exact) mass is 311 g/mol. The lowest BCUT2D eigenvalue weighted by Crippen LogP contribution is -2.39. The van der Waals surface area contributed by atoms with Gasteiger partial charge < -0.3 is 10.6 Å². The van der Waals surface area contributed by atoms with Crippen LogP contribution in [0.4, 0.5) is 0 Å². The Labute approximate surface area is 124 Å². The summed E-state index contributed by atoms with van der Waals surface area (Å²) in [5.74, 6) is 0.107. The van der Waals surface area contributed by atoms with E-state index in [0.717, 1.165) is 35.0 Å². The van der Waals surface area contributed by atoms with Crippen LogP contribution in [0.5, 0.6) is 0 Å². The maximum absolute atomic E-state index is 12.3. The highest BCUT2D eigenvalue weighted by atomic mass is 35.5. The molecule has 0 aromatic carbocycles. The molecule has 1 saturated heterocycles. The molecule has 18 heavy (non-hydrogen) atoms. The first-order chi connectivity index (χ1) is 7.63. The van der Waals surface area contributed by atoms with Gasteiger partial charge in [-0.05, 0) is 26.7 Å². The zero-order valence-corrected chi connectivity index (χ0v) is 13.0. The molecule has 7 heteroatoms. The maximum Gasteiger partial charge on any atom is 0.266 e. The average Bonchev–Trinajstić information content (AvgIpc) is 2.83. The van der Waals surface area contributed by atoms with E-state index in [2.05, 4.69) is 4.98 Å². The Balaban J connectivity index is 0.00000144. The van der Waals surface area contributed by atoms with Crippen molar-refractivity contribution in [3.8, 4) is 0 Å². The Bertz CT molecular complexity index is 411. The number of aromatic nitrogens is 1. The van der Waals surface area contributed by atoms with Crippen LogP contribution in [0.2, 0.25) is 0 Å². The number of rotatable bonds is 2. The molecule has 0 saturated carbocycles. The number of nitrogens with zero attached hydrogens (tertiary/aromatic N) is 2. The highest BCUT2D eigenvalue weighted by Gasteiger charge is 2.30. The van der Waals surface area contributed by atoms with Crippen LogP contribution in [0.25, 0.3) is 0 Å². The number of carbonyl (C=O) groups excluding carboxylic acids is 1. The third-order valence-corrected chi connectivity index (χ3v) is 4.07. The predicted octanol–water partition coefficient (Wildman–Crippen LogP) is 2.17. The summed E-state index contributed by atoms with van der Waals surface area (Å²) in [7, 11) is 0. The Morgan fingerprint density at radius 1 is 1.50 bits per heavy atom. The molecule has 1 aliphatic rings. The van der Waals surface area contributed by atoms with Crippen molar-refractivity contribution >= 4 is 42.1 Å². The normalized spacial score (nSPS) is 18.2. The van der Waals surface area contributed by atoms with Gasteiger partial charge >= 0.3 is 0 Å². The fraction of sp³-hybridized carbons (Fsp3) is 0.636. The van der Waals surface area contributed by atoms with E-state index in [1.807, 2.05) is 18.7 Å². The van der Waals surface area contributed by atoms with Crippen LogP contribution >= 0.6 is 36.2 Å². The number of aryl methyl sites for hydroxylation is 2. The van der Waals surface area contributed by atoms with Crippen molar-refractivity contribution in [2.75, 3.05) is 13.1 Å². The molecule has 1 aromatic heterocycles. The number of halogens is 2. The van der Waals surface area contributed by atoms with Crippen molar-refractivity contribution in [3.05, 3.63) is 15.6 Å². The minimum absolute atomic E-state index is 0. The molecule has 1 aromatic rings. The van der Waals surface area contributed by atoms with E-state index in [1.165, 1.54) is 11.3 Å². The van der Waals surface area contributed by atoms with Gasteiger partial charge in [0.2, 0.25) is 0 Å². The highest BCUT2D eigenvalue weighted by Crippen LogP contribution is 2.24. The van der Waals surface area contributed by atoms with Crippen LogP contribution in [-0.4, -0.2) is 34.9 Å². The number of nitrogens with two attached hydrogens (primary N) is 1. The molecule has 104 valence electrons. The second-order valence-electron chi connectivity index (χ2n) is 4.18. The summed E-state index contributed by atoms with van der Waals surface area (Å²) in [5.41, 5.74) is 6.52. The summed E-state index contributed by atoms with van der Waals surface area (Å²) in [5, 5.41) is 0.948. The smallest absolute Gasteiger partial charge is 0.266 e. The topological polar surface area (TPSA) is 59.2 Å². The maximum atomic E-state index is 12.3. The van der Waals surface area contributed by atoms with Gasteiger partial charge in [-0.15, -0.1) is 36.2 Å². The first-order valence-corrected chi connectivity index (χ1v) is 6.40. The first-order valence-electron chi connectivity index (χ1n) is 5.58. The molecule has 1 fully saturated rings. The van der Waals surface area contributed by atoms with Gasteiger partial charge in [-0.1, -0.05) is 0 Å². The Hall–Kier alpha value is -0.360. The summed E-state index contributed by atoms with van der Waals surface area (Å²) in [4.78, 5) is 19.3. The minimum atomic E-state index is 0. The van der Waals surface area contributed by atoms with E-state index in [0.29, 0.717) is 6.54 Å². The van der Waals surface area contributed by atoms with Crippen molar-refractivity contribution in [3.63, 3.8) is 0 Å². The third kappa shape index (κ3) is 3.35. The SMILES string of the molecule is Cc1nc(C)c(C(=O)N2CCCC2CN)s1.Cl.Cl. The summed E-state index contributed by atoms with van der Waals surface area (Å²) in [6.45, 7) is 5.21. The van der Waals surface area contributed by atoms with Crippen molar-refractivity contribution in [1.82, 2.24) is 9.88 Å². The van der Waals surface area contributed by atoms with Crippen LogP contribution in [0.3, 0.4) is 0 Å². The molecular formula is C11H19Cl2N3OS. The van der Waals surface area contributed by atoms with Crippen LogP contribution < -0.4 is 5.73 Å². The second-order valence-corrected chi connectivity index (χ2v) is 5.38. The zero-order chi connectivity index (χ0) is 11.7. The molecule has 2 N–H and O–H groups in total. The van der Waals surface area contributed by atoms with E-state index in [-0.39, 0.29) is 36.8 Å². The van der Waals surface area contributed by atoms with Crippen molar-refractivity contribution < 1.29 is 4.79 Å². The van der Waals surface area contributed by atoms with E-state index in [4.69, 9.17) is 5.73 Å². The van der Waals surface area contributed by atoms with E-state index in [9.17, 15) is 4.79 Å². The van der Waals surface area contributed by atoms with Gasteiger partial charge in [0.1, 0.15) is 4.88 Å². The molecule has 0 radical (unpaired) electrons. The molecule has 2 heterocycles. The summed E-state index contributed by atoms with van der Waals surface area (Å²) >= 11 is 1.48. The second kappa shape index (κ2) is 7.28. The minimum Gasteiger partial charge on any atom is -0.334 e. The molecular weight excluding hydrogens is 293 g/mol. The fourth-order valence-electron chi connectivity index (χ4n) is 2.21. The summed E-state index contributed by atoms with van der Waals surface area (Å²) in [6.07, 6.45) is 2.09. The van der Waals surface area contributed by atoms with Crippen LogP contribution in [0.15, 0.2) is 0 Å². The first kappa shape index (κ1) is 17.6. The summed E-state index contributed by atoms with van der Waals surface area (Å²) < 4.78 is 0. The number of hydrogen-bond donors (Lipinski definition) is 1. The number of likely N-dealkylation sites (tertiary alicyclic amines) is 1. The van der Waals surface area contributed by atoms with Gasteiger partial charge in [-0.2, -0.15) is 0 Å². The van der Waals surface area contributed by atoms with E-state index in [1.54, 1.807) is 0 Å². The van der Waals surface area contributed by atoms with Crippen molar-refractivity contribution in [2.24, 2.45) is 5.73 Å².